The Morgan fingerprint density at radius 2 is 2.18 bits per heavy atom. The van der Waals surface area contributed by atoms with Crippen LogP contribution in [0.5, 0.6) is 0 Å². The maximum Gasteiger partial charge on any atom is 0.127 e. The molecule has 2 rings (SSSR count). The van der Waals surface area contributed by atoms with Gasteiger partial charge in [-0.1, -0.05) is 0 Å². The summed E-state index contributed by atoms with van der Waals surface area (Å²) in [4.78, 5) is 8.67. The molecule has 0 amide bonds. The van der Waals surface area contributed by atoms with Gasteiger partial charge >= 0.3 is 0 Å². The first-order valence-corrected chi connectivity index (χ1v) is 6.09. The monoisotopic (exact) mass is 244 g/mol. The number of nitrogens with one attached hydrogen (secondary N) is 1. The van der Waals surface area contributed by atoms with Crippen molar-refractivity contribution in [3.05, 3.63) is 39.5 Å². The lowest BCUT2D eigenvalue weighted by Crippen LogP contribution is -2.02. The summed E-state index contributed by atoms with van der Waals surface area (Å²) in [6.45, 7) is 4.48. The smallest absolute Gasteiger partial charge is 0.127 e. The number of aryl methyl sites for hydroxylation is 2. The second-order valence-corrected chi connectivity index (χ2v) is 4.77. The van der Waals surface area contributed by atoms with Gasteiger partial charge < -0.3 is 5.32 Å². The summed E-state index contributed by atoms with van der Waals surface area (Å²) in [6.07, 6.45) is 0. The number of nitrogens with zero attached hydrogens (tertiary/aromatic N) is 3. The van der Waals surface area contributed by atoms with Crippen LogP contribution < -0.4 is 5.32 Å². The van der Waals surface area contributed by atoms with E-state index in [0.29, 0.717) is 17.9 Å². The molecule has 2 aromatic rings. The lowest BCUT2D eigenvalue weighted by Gasteiger charge is -2.05. The van der Waals surface area contributed by atoms with Crippen molar-refractivity contribution >= 4 is 17.2 Å². The predicted molar refractivity (Wildman–Crippen MR) is 67.9 cm³/mol. The van der Waals surface area contributed by atoms with Crippen LogP contribution in [0.2, 0.25) is 0 Å². The van der Waals surface area contributed by atoms with E-state index in [0.717, 1.165) is 16.4 Å². The number of anilines is 1. The van der Waals surface area contributed by atoms with Gasteiger partial charge in [-0.25, -0.2) is 9.97 Å². The molecule has 5 heteroatoms. The Kier molecular flexibility index (Phi) is 3.35. The Morgan fingerprint density at radius 3 is 2.82 bits per heavy atom. The Bertz CT molecular complexity index is 568. The zero-order valence-corrected chi connectivity index (χ0v) is 10.5. The molecule has 0 aliphatic carbocycles. The van der Waals surface area contributed by atoms with Crippen molar-refractivity contribution in [3.8, 4) is 6.07 Å². The molecule has 0 saturated carbocycles. The van der Waals surface area contributed by atoms with E-state index in [1.165, 1.54) is 0 Å². The fraction of sp³-hybridized carbons (Fsp3) is 0.250. The molecule has 86 valence electrons. The molecule has 2 aromatic heterocycles. The van der Waals surface area contributed by atoms with Crippen molar-refractivity contribution in [2.45, 2.75) is 20.4 Å². The van der Waals surface area contributed by atoms with Crippen molar-refractivity contribution in [2.75, 3.05) is 5.32 Å². The Morgan fingerprint density at radius 1 is 1.35 bits per heavy atom. The average Bonchev–Trinajstić information content (AvgIpc) is 2.72. The molecule has 4 nitrogen and oxygen atoms in total. The number of rotatable bonds is 3. The Hall–Kier alpha value is -1.93. The van der Waals surface area contributed by atoms with Crippen molar-refractivity contribution in [1.82, 2.24) is 9.97 Å². The maximum absolute atomic E-state index is 8.86. The summed E-state index contributed by atoms with van der Waals surface area (Å²) in [5.74, 6) is 0.715. The van der Waals surface area contributed by atoms with E-state index in [-0.39, 0.29) is 0 Å². The highest BCUT2D eigenvalue weighted by Crippen LogP contribution is 2.12. The second kappa shape index (κ2) is 4.93. The summed E-state index contributed by atoms with van der Waals surface area (Å²) in [6, 6.07) is 5.62. The van der Waals surface area contributed by atoms with E-state index in [9.17, 15) is 0 Å². The molecule has 2 heterocycles. The number of hydrogen-bond acceptors (Lipinski definition) is 5. The van der Waals surface area contributed by atoms with Crippen LogP contribution in [0, 0.1) is 25.2 Å². The zero-order chi connectivity index (χ0) is 12.3. The summed E-state index contributed by atoms with van der Waals surface area (Å²) >= 11 is 1.63. The quantitative estimate of drug-likeness (QED) is 0.901. The van der Waals surface area contributed by atoms with Crippen LogP contribution in [-0.4, -0.2) is 9.97 Å². The summed E-state index contributed by atoms with van der Waals surface area (Å²) in [7, 11) is 0. The predicted octanol–water partition coefficient (Wildman–Crippen LogP) is 2.64. The number of nitriles is 1. The molecule has 0 aromatic carbocycles. The molecule has 0 aliphatic heterocycles. The van der Waals surface area contributed by atoms with Gasteiger partial charge in [-0.15, -0.1) is 11.3 Å². The van der Waals surface area contributed by atoms with E-state index < -0.39 is 0 Å². The molecule has 1 N–H and O–H groups in total. The third-order valence-electron chi connectivity index (χ3n) is 2.20. The lowest BCUT2D eigenvalue weighted by atomic mass is 10.2. The topological polar surface area (TPSA) is 61.6 Å². The summed E-state index contributed by atoms with van der Waals surface area (Å²) < 4.78 is 0. The second-order valence-electron chi connectivity index (χ2n) is 3.71. The van der Waals surface area contributed by atoms with E-state index in [4.69, 9.17) is 5.26 Å². The molecule has 0 atom stereocenters. The third kappa shape index (κ3) is 3.02. The molecule has 0 bridgehead atoms. The standard InChI is InChI=1S/C12H12N4S/c1-8-3-10(5-13)4-12(15-8)14-6-11-7-17-9(2)16-11/h3-4,7H,6H2,1-2H3,(H,14,15). The molecule has 0 unspecified atom stereocenters. The fourth-order valence-electron chi connectivity index (χ4n) is 1.49. The van der Waals surface area contributed by atoms with Gasteiger partial charge in [0.2, 0.25) is 0 Å². The van der Waals surface area contributed by atoms with Gasteiger partial charge in [-0.3, -0.25) is 0 Å². The van der Waals surface area contributed by atoms with Gasteiger partial charge in [-0.05, 0) is 26.0 Å². The highest BCUT2D eigenvalue weighted by molar-refractivity contribution is 7.09. The maximum atomic E-state index is 8.86. The van der Waals surface area contributed by atoms with Crippen molar-refractivity contribution in [2.24, 2.45) is 0 Å². The molecule has 17 heavy (non-hydrogen) atoms. The van der Waals surface area contributed by atoms with Crippen molar-refractivity contribution in [3.63, 3.8) is 0 Å². The Balaban J connectivity index is 2.09. The normalized spacial score (nSPS) is 9.94. The van der Waals surface area contributed by atoms with E-state index in [1.807, 2.05) is 19.2 Å². The average molecular weight is 244 g/mol. The first kappa shape index (κ1) is 11.6. The molecular weight excluding hydrogens is 232 g/mol. The molecule has 0 fully saturated rings. The fourth-order valence-corrected chi connectivity index (χ4v) is 2.11. The minimum absolute atomic E-state index is 0.620. The minimum Gasteiger partial charge on any atom is -0.364 e. The van der Waals surface area contributed by atoms with Crippen LogP contribution in [0.3, 0.4) is 0 Å². The minimum atomic E-state index is 0.620. The first-order chi connectivity index (χ1) is 8.17. The third-order valence-corrected chi connectivity index (χ3v) is 3.02. The molecular formula is C12H12N4S. The van der Waals surface area contributed by atoms with Crippen LogP contribution in [0.25, 0.3) is 0 Å². The van der Waals surface area contributed by atoms with Gasteiger partial charge in [0, 0.05) is 11.1 Å². The zero-order valence-electron chi connectivity index (χ0n) is 9.69. The van der Waals surface area contributed by atoms with Crippen LogP contribution in [0.15, 0.2) is 17.5 Å². The van der Waals surface area contributed by atoms with E-state index in [1.54, 1.807) is 23.5 Å². The van der Waals surface area contributed by atoms with Gasteiger partial charge in [0.05, 0.1) is 28.9 Å². The molecule has 0 radical (unpaired) electrons. The van der Waals surface area contributed by atoms with Crippen LogP contribution in [0.4, 0.5) is 5.82 Å². The van der Waals surface area contributed by atoms with Gasteiger partial charge in [0.15, 0.2) is 0 Å². The number of hydrogen-bond donors (Lipinski definition) is 1. The number of pyridine rings is 1. The van der Waals surface area contributed by atoms with Gasteiger partial charge in [0.25, 0.3) is 0 Å². The molecule has 0 spiro atoms. The van der Waals surface area contributed by atoms with Crippen molar-refractivity contribution in [1.29, 1.82) is 5.26 Å². The van der Waals surface area contributed by atoms with Gasteiger partial charge in [0.1, 0.15) is 5.82 Å². The summed E-state index contributed by atoms with van der Waals surface area (Å²) in [5, 5.41) is 15.1. The van der Waals surface area contributed by atoms with E-state index >= 15 is 0 Å². The van der Waals surface area contributed by atoms with Crippen molar-refractivity contribution < 1.29 is 0 Å². The summed E-state index contributed by atoms with van der Waals surface area (Å²) in [5.41, 5.74) is 2.45. The highest BCUT2D eigenvalue weighted by Gasteiger charge is 2.01. The largest absolute Gasteiger partial charge is 0.364 e. The molecule has 0 saturated heterocycles. The van der Waals surface area contributed by atoms with E-state index in [2.05, 4.69) is 21.4 Å². The molecule has 0 aliphatic rings. The first-order valence-electron chi connectivity index (χ1n) is 5.21. The van der Waals surface area contributed by atoms with Crippen LogP contribution >= 0.6 is 11.3 Å². The SMILES string of the molecule is Cc1cc(C#N)cc(NCc2csc(C)n2)n1. The Labute approximate surface area is 104 Å². The lowest BCUT2D eigenvalue weighted by molar-refractivity contribution is 1.03. The van der Waals surface area contributed by atoms with Gasteiger partial charge in [-0.2, -0.15) is 5.26 Å². The highest BCUT2D eigenvalue weighted by atomic mass is 32.1. The van der Waals surface area contributed by atoms with Crippen LogP contribution in [-0.2, 0) is 6.54 Å². The van der Waals surface area contributed by atoms with Crippen LogP contribution in [0.1, 0.15) is 22.0 Å². The number of thiazole rings is 1. The number of aromatic nitrogens is 2.